The number of aromatic nitrogens is 1. The number of carbonyl (C=O) groups is 1. The zero-order chi connectivity index (χ0) is 19.0. The molecule has 0 fully saturated rings. The highest BCUT2D eigenvalue weighted by Gasteiger charge is 2.20. The number of nitrogens with zero attached hydrogens (tertiary/aromatic N) is 1. The molecule has 2 aromatic carbocycles. The molecule has 0 amide bonds. The van der Waals surface area contributed by atoms with Crippen LogP contribution in [0, 0.1) is 17.5 Å². The van der Waals surface area contributed by atoms with Gasteiger partial charge in [0.05, 0.1) is 18.0 Å². The summed E-state index contributed by atoms with van der Waals surface area (Å²) in [6, 6.07) is 5.55. The molecule has 0 bridgehead atoms. The SMILES string of the molecule is COc1ccc(Cn2cc(C(=O)O)c(=O)c3c(F)ccc(F)c32)cc1F. The van der Waals surface area contributed by atoms with Gasteiger partial charge in [0.2, 0.25) is 5.43 Å². The summed E-state index contributed by atoms with van der Waals surface area (Å²) in [4.78, 5) is 23.5. The van der Waals surface area contributed by atoms with E-state index in [9.17, 15) is 27.9 Å². The number of methoxy groups -OCH3 is 1. The number of fused-ring (bicyclic) bond motifs is 1. The maximum Gasteiger partial charge on any atom is 0.341 e. The molecular weight excluding hydrogens is 351 g/mol. The van der Waals surface area contributed by atoms with Gasteiger partial charge in [-0.15, -0.1) is 0 Å². The van der Waals surface area contributed by atoms with Gasteiger partial charge < -0.3 is 14.4 Å². The second kappa shape index (κ2) is 6.55. The van der Waals surface area contributed by atoms with Crippen LogP contribution < -0.4 is 10.2 Å². The molecule has 26 heavy (non-hydrogen) atoms. The first-order chi connectivity index (χ1) is 12.3. The van der Waals surface area contributed by atoms with Crippen LogP contribution in [0.15, 0.2) is 41.3 Å². The van der Waals surface area contributed by atoms with Crippen LogP contribution in [0.1, 0.15) is 15.9 Å². The zero-order valence-electron chi connectivity index (χ0n) is 13.4. The van der Waals surface area contributed by atoms with Crippen LogP contribution in [0.2, 0.25) is 0 Å². The average Bonchev–Trinajstić information content (AvgIpc) is 2.59. The van der Waals surface area contributed by atoms with Crippen molar-refractivity contribution in [3.8, 4) is 5.75 Å². The summed E-state index contributed by atoms with van der Waals surface area (Å²) in [7, 11) is 1.30. The van der Waals surface area contributed by atoms with Gasteiger partial charge in [-0.3, -0.25) is 4.79 Å². The first-order valence-corrected chi connectivity index (χ1v) is 7.40. The normalized spacial score (nSPS) is 10.9. The fraction of sp³-hybridized carbons (Fsp3) is 0.111. The van der Waals surface area contributed by atoms with Gasteiger partial charge in [-0.25, -0.2) is 18.0 Å². The summed E-state index contributed by atoms with van der Waals surface area (Å²) >= 11 is 0. The fourth-order valence-electron chi connectivity index (χ4n) is 2.73. The summed E-state index contributed by atoms with van der Waals surface area (Å²) in [5.41, 5.74) is -1.89. The quantitative estimate of drug-likeness (QED) is 0.773. The number of aromatic carboxylic acids is 1. The average molecular weight is 363 g/mol. The molecular formula is C18H12F3NO4. The Balaban J connectivity index is 2.26. The van der Waals surface area contributed by atoms with Crippen LogP contribution in [-0.2, 0) is 6.54 Å². The van der Waals surface area contributed by atoms with Gasteiger partial charge in [-0.05, 0) is 29.8 Å². The summed E-state index contributed by atoms with van der Waals surface area (Å²) in [6.07, 6.45) is 0.914. The highest BCUT2D eigenvalue weighted by molar-refractivity contribution is 5.92. The number of halogens is 3. The molecule has 0 saturated heterocycles. The van der Waals surface area contributed by atoms with Crippen molar-refractivity contribution >= 4 is 16.9 Å². The Labute approximate surface area is 144 Å². The van der Waals surface area contributed by atoms with E-state index < -0.39 is 45.3 Å². The second-order valence-corrected chi connectivity index (χ2v) is 5.53. The highest BCUT2D eigenvalue weighted by Crippen LogP contribution is 2.22. The molecule has 0 radical (unpaired) electrons. The topological polar surface area (TPSA) is 68.5 Å². The third-order valence-electron chi connectivity index (χ3n) is 3.92. The third kappa shape index (κ3) is 2.90. The first-order valence-electron chi connectivity index (χ1n) is 7.40. The fourth-order valence-corrected chi connectivity index (χ4v) is 2.73. The van der Waals surface area contributed by atoms with Gasteiger partial charge in [0.1, 0.15) is 17.2 Å². The molecule has 8 heteroatoms. The van der Waals surface area contributed by atoms with Crippen molar-refractivity contribution in [2.75, 3.05) is 7.11 Å². The van der Waals surface area contributed by atoms with Gasteiger partial charge in [0.15, 0.2) is 11.6 Å². The molecule has 0 aliphatic rings. The largest absolute Gasteiger partial charge is 0.494 e. The van der Waals surface area contributed by atoms with Crippen LogP contribution in [0.3, 0.4) is 0 Å². The van der Waals surface area contributed by atoms with Crippen LogP contribution in [0.5, 0.6) is 5.75 Å². The second-order valence-electron chi connectivity index (χ2n) is 5.53. The minimum absolute atomic E-state index is 0.00182. The van der Waals surface area contributed by atoms with E-state index in [0.717, 1.165) is 29.0 Å². The monoisotopic (exact) mass is 363 g/mol. The van der Waals surface area contributed by atoms with E-state index in [1.807, 2.05) is 0 Å². The van der Waals surface area contributed by atoms with Crippen molar-refractivity contribution in [2.45, 2.75) is 6.54 Å². The molecule has 1 N–H and O–H groups in total. The number of carboxylic acid groups (broad SMARTS) is 1. The van der Waals surface area contributed by atoms with E-state index in [1.165, 1.54) is 19.2 Å². The van der Waals surface area contributed by atoms with Gasteiger partial charge >= 0.3 is 5.97 Å². The highest BCUT2D eigenvalue weighted by atomic mass is 19.1. The standard InChI is InChI=1S/C18H12F3NO4/c1-26-14-5-2-9(6-13(14)21)7-22-8-10(18(24)25)17(23)15-11(19)3-4-12(20)16(15)22/h2-6,8H,7H2,1H3,(H,24,25). The lowest BCUT2D eigenvalue weighted by Crippen LogP contribution is -2.21. The Hall–Kier alpha value is -3.29. The van der Waals surface area contributed by atoms with Crippen LogP contribution >= 0.6 is 0 Å². The van der Waals surface area contributed by atoms with Crippen molar-refractivity contribution in [3.05, 3.63) is 75.3 Å². The number of benzene rings is 2. The predicted molar refractivity (Wildman–Crippen MR) is 87.1 cm³/mol. The molecule has 1 aromatic heterocycles. The van der Waals surface area contributed by atoms with Crippen LogP contribution in [0.4, 0.5) is 13.2 Å². The van der Waals surface area contributed by atoms with E-state index in [0.29, 0.717) is 5.56 Å². The molecule has 134 valence electrons. The molecule has 3 rings (SSSR count). The Morgan fingerprint density at radius 1 is 1.12 bits per heavy atom. The van der Waals surface area contributed by atoms with Crippen molar-refractivity contribution < 1.29 is 27.8 Å². The first kappa shape index (κ1) is 17.5. The number of carboxylic acids is 1. The van der Waals surface area contributed by atoms with Crippen molar-refractivity contribution in [1.29, 1.82) is 0 Å². The molecule has 0 unspecified atom stereocenters. The van der Waals surface area contributed by atoms with Crippen molar-refractivity contribution in [2.24, 2.45) is 0 Å². The van der Waals surface area contributed by atoms with Gasteiger partial charge in [0.25, 0.3) is 0 Å². The van der Waals surface area contributed by atoms with E-state index in [2.05, 4.69) is 0 Å². The lowest BCUT2D eigenvalue weighted by molar-refractivity contribution is 0.0695. The predicted octanol–water partition coefficient (Wildman–Crippen LogP) is 3.17. The molecule has 5 nitrogen and oxygen atoms in total. The summed E-state index contributed by atoms with van der Waals surface area (Å²) < 4.78 is 48.1. The minimum Gasteiger partial charge on any atom is -0.494 e. The molecule has 0 aliphatic carbocycles. The Bertz CT molecular complexity index is 1090. The summed E-state index contributed by atoms with van der Waals surface area (Å²) in [6.45, 7) is -0.182. The Morgan fingerprint density at radius 3 is 2.42 bits per heavy atom. The van der Waals surface area contributed by atoms with Crippen LogP contribution in [-0.4, -0.2) is 22.8 Å². The molecule has 3 aromatic rings. The zero-order valence-corrected chi connectivity index (χ0v) is 13.4. The maximum absolute atomic E-state index is 14.3. The molecule has 1 heterocycles. The smallest absolute Gasteiger partial charge is 0.341 e. The third-order valence-corrected chi connectivity index (χ3v) is 3.92. The molecule has 0 atom stereocenters. The number of hydrogen-bond acceptors (Lipinski definition) is 3. The molecule has 0 aliphatic heterocycles. The summed E-state index contributed by atoms with van der Waals surface area (Å²) in [5, 5.41) is 8.51. The number of ether oxygens (including phenoxy) is 1. The van der Waals surface area contributed by atoms with E-state index in [4.69, 9.17) is 4.74 Å². The Kier molecular flexibility index (Phi) is 4.41. The molecule has 0 spiro atoms. The van der Waals surface area contributed by atoms with Gasteiger partial charge in [0, 0.05) is 12.7 Å². The lowest BCUT2D eigenvalue weighted by atomic mass is 10.1. The number of hydrogen-bond donors (Lipinski definition) is 1. The number of pyridine rings is 1. The van der Waals surface area contributed by atoms with Gasteiger partial charge in [-0.1, -0.05) is 6.07 Å². The number of rotatable bonds is 4. The lowest BCUT2D eigenvalue weighted by Gasteiger charge is -2.14. The van der Waals surface area contributed by atoms with Gasteiger partial charge in [-0.2, -0.15) is 0 Å². The Morgan fingerprint density at radius 2 is 1.81 bits per heavy atom. The van der Waals surface area contributed by atoms with Crippen molar-refractivity contribution in [3.63, 3.8) is 0 Å². The van der Waals surface area contributed by atoms with E-state index >= 15 is 0 Å². The van der Waals surface area contributed by atoms with E-state index in [1.54, 1.807) is 0 Å². The minimum atomic E-state index is -1.57. The van der Waals surface area contributed by atoms with Crippen LogP contribution in [0.25, 0.3) is 10.9 Å². The van der Waals surface area contributed by atoms with E-state index in [-0.39, 0.29) is 12.3 Å². The molecule has 0 saturated carbocycles. The van der Waals surface area contributed by atoms with Crippen molar-refractivity contribution in [1.82, 2.24) is 4.57 Å². The maximum atomic E-state index is 14.3. The summed E-state index contributed by atoms with van der Waals surface area (Å²) in [5.74, 6) is -4.17.